The minimum Gasteiger partial charge on any atom is -0.497 e. The number of esters is 1. The highest BCUT2D eigenvalue weighted by Gasteiger charge is 2.34. The molecule has 2 rings (SSSR count). The molecule has 102 valence electrons. The normalized spacial score (nSPS) is 18.5. The van der Waals surface area contributed by atoms with Crippen LogP contribution in [-0.4, -0.2) is 24.5 Å². The fraction of sp³-hybridized carbons (Fsp3) is 0.308. The van der Waals surface area contributed by atoms with Crippen molar-refractivity contribution in [2.75, 3.05) is 7.11 Å². The summed E-state index contributed by atoms with van der Waals surface area (Å²) >= 11 is 5.75. The predicted octanol–water partition coefficient (Wildman–Crippen LogP) is 1.96. The van der Waals surface area contributed by atoms with Gasteiger partial charge in [0.2, 0.25) is 12.0 Å². The van der Waals surface area contributed by atoms with Gasteiger partial charge in [-0.05, 0) is 24.1 Å². The van der Waals surface area contributed by atoms with Gasteiger partial charge in [-0.15, -0.1) is 0 Å². The molecule has 0 bridgehead atoms. The first kappa shape index (κ1) is 13.7. The molecule has 1 atom stereocenters. The molecule has 6 heteroatoms. The number of aryl methyl sites for hydroxylation is 1. The van der Waals surface area contributed by atoms with Gasteiger partial charge in [-0.25, -0.2) is 4.79 Å². The standard InChI is InChI=1S/C13H13ClO5/c1-3-7-4-8(17-2)6-9(5-7)18-11-10(14)12(15)19-13(11)16/h4-6,12,15H,3H2,1-2H3. The third-order valence-corrected chi connectivity index (χ3v) is 3.00. The summed E-state index contributed by atoms with van der Waals surface area (Å²) in [5.41, 5.74) is 0.984. The van der Waals surface area contributed by atoms with Crippen molar-refractivity contribution in [3.8, 4) is 11.5 Å². The third kappa shape index (κ3) is 2.83. The zero-order valence-corrected chi connectivity index (χ0v) is 11.2. The Morgan fingerprint density at radius 3 is 2.58 bits per heavy atom. The lowest BCUT2D eigenvalue weighted by atomic mass is 10.1. The average Bonchev–Trinajstić information content (AvgIpc) is 2.65. The number of rotatable bonds is 4. The summed E-state index contributed by atoms with van der Waals surface area (Å²) in [6.07, 6.45) is -0.673. The maximum Gasteiger partial charge on any atom is 0.378 e. The van der Waals surface area contributed by atoms with E-state index < -0.39 is 12.3 Å². The maximum atomic E-state index is 11.4. The summed E-state index contributed by atoms with van der Waals surface area (Å²) in [7, 11) is 1.54. The van der Waals surface area contributed by atoms with Crippen LogP contribution in [0.4, 0.5) is 0 Å². The zero-order valence-electron chi connectivity index (χ0n) is 10.5. The van der Waals surface area contributed by atoms with Crippen molar-refractivity contribution < 1.29 is 24.1 Å². The summed E-state index contributed by atoms with van der Waals surface area (Å²) in [6, 6.07) is 5.25. The molecule has 0 spiro atoms. The number of carbonyl (C=O) groups excluding carboxylic acids is 1. The molecule has 1 N–H and O–H groups in total. The van der Waals surface area contributed by atoms with E-state index in [1.807, 2.05) is 13.0 Å². The van der Waals surface area contributed by atoms with Crippen molar-refractivity contribution in [1.29, 1.82) is 0 Å². The maximum absolute atomic E-state index is 11.4. The lowest BCUT2D eigenvalue weighted by Crippen LogP contribution is -2.09. The number of ether oxygens (including phenoxy) is 3. The topological polar surface area (TPSA) is 65.0 Å². The van der Waals surface area contributed by atoms with Gasteiger partial charge in [0.05, 0.1) is 7.11 Å². The lowest BCUT2D eigenvalue weighted by Gasteiger charge is -2.09. The monoisotopic (exact) mass is 284 g/mol. The van der Waals surface area contributed by atoms with Gasteiger partial charge in [0.1, 0.15) is 16.5 Å². The Kier molecular flexibility index (Phi) is 3.97. The number of methoxy groups -OCH3 is 1. The first-order valence-electron chi connectivity index (χ1n) is 5.69. The molecule has 1 aliphatic rings. The molecule has 0 saturated carbocycles. The molecule has 5 nitrogen and oxygen atoms in total. The van der Waals surface area contributed by atoms with Crippen LogP contribution in [0.5, 0.6) is 11.5 Å². The highest BCUT2D eigenvalue weighted by Crippen LogP contribution is 2.30. The number of aliphatic hydroxyl groups is 1. The van der Waals surface area contributed by atoms with E-state index in [-0.39, 0.29) is 10.8 Å². The van der Waals surface area contributed by atoms with Crippen LogP contribution < -0.4 is 9.47 Å². The van der Waals surface area contributed by atoms with Crippen LogP contribution in [0.1, 0.15) is 12.5 Å². The number of hydrogen-bond donors (Lipinski definition) is 1. The van der Waals surface area contributed by atoms with Gasteiger partial charge >= 0.3 is 5.97 Å². The zero-order chi connectivity index (χ0) is 14.0. The third-order valence-electron chi connectivity index (χ3n) is 2.64. The lowest BCUT2D eigenvalue weighted by molar-refractivity contribution is -0.153. The fourth-order valence-electron chi connectivity index (χ4n) is 1.64. The highest BCUT2D eigenvalue weighted by atomic mass is 35.5. The number of halogens is 1. The van der Waals surface area contributed by atoms with Crippen molar-refractivity contribution in [2.45, 2.75) is 19.6 Å². The summed E-state index contributed by atoms with van der Waals surface area (Å²) in [5, 5.41) is 9.12. The molecule has 0 fully saturated rings. The molecular formula is C13H13ClO5. The van der Waals surface area contributed by atoms with Gasteiger partial charge < -0.3 is 19.3 Å². The van der Waals surface area contributed by atoms with Gasteiger partial charge in [0, 0.05) is 6.07 Å². The van der Waals surface area contributed by atoms with Crippen LogP contribution >= 0.6 is 11.6 Å². The number of carbonyl (C=O) groups is 1. The molecule has 19 heavy (non-hydrogen) atoms. The Bertz CT molecular complexity index is 516. The van der Waals surface area contributed by atoms with Crippen molar-refractivity contribution in [1.82, 2.24) is 0 Å². The van der Waals surface area contributed by atoms with E-state index >= 15 is 0 Å². The van der Waals surface area contributed by atoms with Crippen molar-refractivity contribution in [3.63, 3.8) is 0 Å². The molecular weight excluding hydrogens is 272 g/mol. The fourth-order valence-corrected chi connectivity index (χ4v) is 1.80. The van der Waals surface area contributed by atoms with Gasteiger partial charge in [-0.2, -0.15) is 0 Å². The molecule has 1 aliphatic heterocycles. The van der Waals surface area contributed by atoms with Gasteiger partial charge in [0.25, 0.3) is 0 Å². The number of aliphatic hydroxyl groups excluding tert-OH is 1. The van der Waals surface area contributed by atoms with E-state index in [2.05, 4.69) is 4.74 Å². The number of hydrogen-bond acceptors (Lipinski definition) is 5. The largest absolute Gasteiger partial charge is 0.497 e. The Hall–Kier alpha value is -1.72. The van der Waals surface area contributed by atoms with E-state index in [1.54, 1.807) is 19.2 Å². The number of benzene rings is 1. The van der Waals surface area contributed by atoms with E-state index in [0.717, 1.165) is 12.0 Å². The minimum absolute atomic E-state index is 0.161. The molecule has 0 radical (unpaired) electrons. The van der Waals surface area contributed by atoms with Crippen LogP contribution in [0.25, 0.3) is 0 Å². The Morgan fingerprint density at radius 2 is 2.05 bits per heavy atom. The van der Waals surface area contributed by atoms with Crippen LogP contribution in [0.15, 0.2) is 29.0 Å². The van der Waals surface area contributed by atoms with Crippen molar-refractivity contribution in [2.24, 2.45) is 0 Å². The second-order valence-electron chi connectivity index (χ2n) is 3.91. The molecule has 1 aromatic carbocycles. The molecule has 0 aromatic heterocycles. The molecule has 1 aromatic rings. The Balaban J connectivity index is 2.31. The molecule has 1 unspecified atom stereocenters. The van der Waals surface area contributed by atoms with E-state index in [1.165, 1.54) is 0 Å². The first-order chi connectivity index (χ1) is 9.05. The van der Waals surface area contributed by atoms with Crippen molar-refractivity contribution >= 4 is 17.6 Å². The summed E-state index contributed by atoms with van der Waals surface area (Å²) < 4.78 is 15.1. The Labute approximate surface area is 115 Å². The van der Waals surface area contributed by atoms with Gasteiger partial charge in [-0.3, -0.25) is 0 Å². The summed E-state index contributed by atoms with van der Waals surface area (Å²) in [4.78, 5) is 11.4. The van der Waals surface area contributed by atoms with E-state index in [0.29, 0.717) is 11.5 Å². The van der Waals surface area contributed by atoms with Crippen LogP contribution in [0.2, 0.25) is 0 Å². The van der Waals surface area contributed by atoms with Gasteiger partial charge in [0.15, 0.2) is 0 Å². The molecule has 0 saturated heterocycles. The predicted molar refractivity (Wildman–Crippen MR) is 68.0 cm³/mol. The van der Waals surface area contributed by atoms with E-state index in [9.17, 15) is 9.90 Å². The SMILES string of the molecule is CCc1cc(OC)cc(OC2=C(Cl)C(O)OC2=O)c1. The quantitative estimate of drug-likeness (QED) is 0.856. The van der Waals surface area contributed by atoms with Crippen LogP contribution in [0, 0.1) is 0 Å². The second kappa shape index (κ2) is 5.50. The number of cyclic esters (lactones) is 1. The van der Waals surface area contributed by atoms with Gasteiger partial charge in [-0.1, -0.05) is 18.5 Å². The van der Waals surface area contributed by atoms with E-state index in [4.69, 9.17) is 21.1 Å². The van der Waals surface area contributed by atoms with Crippen LogP contribution in [-0.2, 0) is 16.0 Å². The summed E-state index contributed by atoms with van der Waals surface area (Å²) in [5.74, 6) is 0.0104. The second-order valence-corrected chi connectivity index (χ2v) is 4.31. The highest BCUT2D eigenvalue weighted by molar-refractivity contribution is 6.32. The molecule has 1 heterocycles. The average molecular weight is 285 g/mol. The summed E-state index contributed by atoms with van der Waals surface area (Å²) in [6.45, 7) is 1.98. The van der Waals surface area contributed by atoms with Crippen molar-refractivity contribution in [3.05, 3.63) is 34.6 Å². The van der Waals surface area contributed by atoms with Crippen LogP contribution in [0.3, 0.4) is 0 Å². The first-order valence-corrected chi connectivity index (χ1v) is 6.07. The molecule has 0 aliphatic carbocycles. The Morgan fingerprint density at radius 1 is 1.37 bits per heavy atom. The molecule has 0 amide bonds. The smallest absolute Gasteiger partial charge is 0.378 e. The minimum atomic E-state index is -1.46.